The molecule has 3 aromatic carbocycles. The van der Waals surface area contributed by atoms with Gasteiger partial charge >= 0.3 is 0 Å². The van der Waals surface area contributed by atoms with E-state index in [1.807, 2.05) is 13.4 Å². The minimum Gasteiger partial charge on any atom is -1.00 e. The lowest BCUT2D eigenvalue weighted by molar-refractivity contribution is -0.344. The third-order valence-corrected chi connectivity index (χ3v) is 34.6. The predicted molar refractivity (Wildman–Crippen MR) is 282 cm³/mol. The summed E-state index contributed by atoms with van der Waals surface area (Å²) >= 11 is 0. The second-order valence-electron chi connectivity index (χ2n) is 20.6. The quantitative estimate of drug-likeness (QED) is 0.0408. The first-order chi connectivity index (χ1) is 30.5. The van der Waals surface area contributed by atoms with E-state index in [1.54, 1.807) is 0 Å². The second-order valence-corrected chi connectivity index (χ2v) is 38.4. The van der Waals surface area contributed by atoms with E-state index >= 15 is 0 Å². The van der Waals surface area contributed by atoms with Crippen molar-refractivity contribution in [1.29, 1.82) is 0 Å². The molecule has 2 aliphatic heterocycles. The van der Waals surface area contributed by atoms with Crippen LogP contribution < -0.4 is 39.9 Å². The van der Waals surface area contributed by atoms with Crippen LogP contribution in [-0.4, -0.2) is 74.5 Å². The molecule has 1 saturated heterocycles. The number of benzene rings is 3. The highest BCUT2D eigenvalue weighted by Crippen LogP contribution is 2.56. The van der Waals surface area contributed by atoms with Gasteiger partial charge in [0.05, 0.1) is 30.7 Å². The molecule has 3 aromatic rings. The number of halogens is 1. The third kappa shape index (κ3) is 12.6. The number of hydrogen-bond donors (Lipinski definition) is 0. The number of ether oxygens (including phenoxy) is 3. The van der Waals surface area contributed by atoms with E-state index in [-0.39, 0.29) is 65.3 Å². The van der Waals surface area contributed by atoms with Crippen LogP contribution in [0.4, 0.5) is 0 Å². The first kappa shape index (κ1) is 56.4. The third-order valence-electron chi connectivity index (χ3n) is 16.3. The van der Waals surface area contributed by atoms with Crippen molar-refractivity contribution < 1.29 is 51.5 Å². The number of methoxy groups -OCH3 is 1. The van der Waals surface area contributed by atoms with Crippen molar-refractivity contribution in [2.24, 2.45) is 11.8 Å². The summed E-state index contributed by atoms with van der Waals surface area (Å²) in [7, 11) is -6.51. The normalized spacial score (nSPS) is 24.8. The van der Waals surface area contributed by atoms with Crippen molar-refractivity contribution in [2.45, 2.75) is 193 Å². The minimum absolute atomic E-state index is 0. The maximum Gasteiger partial charge on any atom is 0.199 e. The van der Waals surface area contributed by atoms with Gasteiger partial charge in [0.15, 0.2) is 30.7 Å². The lowest BCUT2D eigenvalue weighted by atomic mass is 9.81. The molecule has 0 bridgehead atoms. The Kier molecular flexibility index (Phi) is 21.3. The van der Waals surface area contributed by atoms with Crippen LogP contribution in [0, 0.1) is 11.8 Å². The molecule has 0 aromatic heterocycles. The molecule has 0 radical (unpaired) electrons. The summed E-state index contributed by atoms with van der Waals surface area (Å²) in [5, 5.41) is 4.34. The maximum absolute atomic E-state index is 7.78. The van der Waals surface area contributed by atoms with Crippen LogP contribution >= 0.6 is 7.26 Å². The molecule has 65 heavy (non-hydrogen) atoms. The van der Waals surface area contributed by atoms with E-state index in [1.165, 1.54) is 15.9 Å². The van der Waals surface area contributed by atoms with Gasteiger partial charge in [0.25, 0.3) is 0 Å². The van der Waals surface area contributed by atoms with Crippen molar-refractivity contribution >= 4 is 48.1 Å². The molecule has 2 heterocycles. The summed E-state index contributed by atoms with van der Waals surface area (Å²) in [6.07, 6.45) is 7.68. The van der Waals surface area contributed by atoms with E-state index in [2.05, 4.69) is 186 Å². The van der Waals surface area contributed by atoms with Gasteiger partial charge in [-0.25, -0.2) is 0 Å². The molecule has 0 unspecified atom stereocenters. The fourth-order valence-corrected chi connectivity index (χ4v) is 21.9. The Morgan fingerprint density at radius 1 is 0.692 bits per heavy atom. The highest BCUT2D eigenvalue weighted by molar-refractivity contribution is 7.95. The van der Waals surface area contributed by atoms with Gasteiger partial charge in [0.2, 0.25) is 0 Å². The molecule has 0 saturated carbocycles. The van der Waals surface area contributed by atoms with Crippen molar-refractivity contribution in [3.63, 3.8) is 0 Å². The van der Waals surface area contributed by atoms with Crippen LogP contribution in [0.1, 0.15) is 102 Å². The van der Waals surface area contributed by atoms with E-state index in [9.17, 15) is 0 Å². The Morgan fingerprint density at radius 2 is 1.17 bits per heavy atom. The standard InChI is InChI=1S/C54H88O6PSi3.HI/c1-15-63(16-2,17-3)59-49-39-40-56-51(44(49)8)52(60-64(18-4,19-5)20-6)54(55-12)42-50(58-62(13,14)53(9,10)11)43(7)48(57-54)38-30-31-41-61(45-32-24-21-25-33-45,46-34-26-22-27-35-46)47-36-28-23-29-37-47;/h21-29,32-37,39-40,43-44,48-52H,15-20,30-31,38,41-42H2,1-14H3;1H/q+1;/p-1/t43-,44+,48+,49-,50-,51+,52-,54+;/m0./s1. The van der Waals surface area contributed by atoms with Gasteiger partial charge in [0, 0.05) is 25.4 Å². The fourth-order valence-electron chi connectivity index (χ4n) is 10.3. The molecule has 6 nitrogen and oxygen atoms in total. The van der Waals surface area contributed by atoms with E-state index in [4.69, 9.17) is 27.5 Å². The molecule has 11 heteroatoms. The Labute approximate surface area is 417 Å². The first-order valence-electron chi connectivity index (χ1n) is 25.1. The van der Waals surface area contributed by atoms with E-state index < -0.39 is 44.1 Å². The average molecular weight is 1080 g/mol. The Balaban J connectivity index is 0.00000925. The molecule has 364 valence electrons. The highest BCUT2D eigenvalue weighted by Gasteiger charge is 2.59. The molecule has 5 rings (SSSR count). The summed E-state index contributed by atoms with van der Waals surface area (Å²) in [6.45, 7) is 30.4. The zero-order chi connectivity index (χ0) is 46.8. The second kappa shape index (κ2) is 24.6. The van der Waals surface area contributed by atoms with Crippen LogP contribution in [0.15, 0.2) is 103 Å². The number of rotatable bonds is 23. The largest absolute Gasteiger partial charge is 1.00 e. The summed E-state index contributed by atoms with van der Waals surface area (Å²) in [4.78, 5) is 0. The van der Waals surface area contributed by atoms with Gasteiger partial charge in [-0.3, -0.25) is 0 Å². The molecular formula is C54H88IO6PSi3. The predicted octanol–water partition coefficient (Wildman–Crippen LogP) is 10.6. The molecule has 0 spiro atoms. The van der Waals surface area contributed by atoms with Gasteiger partial charge in [-0.05, 0) is 116 Å². The van der Waals surface area contributed by atoms with Crippen molar-refractivity contribution in [3.05, 3.63) is 103 Å². The summed E-state index contributed by atoms with van der Waals surface area (Å²) in [5.41, 5.74) is 0. The molecular weight excluding hydrogens is 987 g/mol. The highest BCUT2D eigenvalue weighted by atomic mass is 127. The van der Waals surface area contributed by atoms with Crippen molar-refractivity contribution in [3.8, 4) is 0 Å². The van der Waals surface area contributed by atoms with Gasteiger partial charge in [-0.15, -0.1) is 0 Å². The summed E-state index contributed by atoms with van der Waals surface area (Å²) in [5.74, 6) is -0.894. The zero-order valence-corrected chi connectivity index (χ0v) is 49.0. The first-order valence-corrected chi connectivity index (χ1v) is 35.1. The lowest BCUT2D eigenvalue weighted by Gasteiger charge is -2.55. The fraction of sp³-hybridized carbons (Fsp3) is 0.630. The van der Waals surface area contributed by atoms with Gasteiger partial charge in [-0.1, -0.05) is 131 Å². The Bertz CT molecular complexity index is 1740. The molecule has 1 fully saturated rings. The van der Waals surface area contributed by atoms with E-state index in [0.29, 0.717) is 6.42 Å². The van der Waals surface area contributed by atoms with Gasteiger partial charge in [0.1, 0.15) is 35.4 Å². The van der Waals surface area contributed by atoms with Gasteiger partial charge < -0.3 is 51.5 Å². The van der Waals surface area contributed by atoms with Crippen LogP contribution in [0.2, 0.25) is 54.4 Å². The van der Waals surface area contributed by atoms with Crippen LogP contribution in [0.5, 0.6) is 0 Å². The maximum atomic E-state index is 7.78. The smallest absolute Gasteiger partial charge is 0.199 e. The average Bonchev–Trinajstić information content (AvgIpc) is 3.31. The Hall–Kier alpha value is -1.19. The van der Waals surface area contributed by atoms with Crippen LogP contribution in [0.25, 0.3) is 0 Å². The molecule has 0 N–H and O–H groups in total. The molecule has 2 aliphatic rings. The summed E-state index contributed by atoms with van der Waals surface area (Å²) in [6, 6.07) is 40.2. The Morgan fingerprint density at radius 3 is 1.60 bits per heavy atom. The van der Waals surface area contributed by atoms with E-state index in [0.717, 1.165) is 61.7 Å². The topological polar surface area (TPSA) is 55.4 Å². The molecule has 0 aliphatic carbocycles. The van der Waals surface area contributed by atoms with Gasteiger partial charge in [-0.2, -0.15) is 0 Å². The summed E-state index contributed by atoms with van der Waals surface area (Å²) < 4.78 is 44.0. The van der Waals surface area contributed by atoms with Crippen LogP contribution in [-0.2, 0) is 27.5 Å². The molecule has 0 amide bonds. The van der Waals surface area contributed by atoms with Crippen molar-refractivity contribution in [2.75, 3.05) is 13.3 Å². The zero-order valence-electron chi connectivity index (χ0n) is 42.9. The number of unbranched alkanes of at least 4 members (excludes halogenated alkanes) is 1. The number of hydrogen-bond acceptors (Lipinski definition) is 6. The van der Waals surface area contributed by atoms with Crippen LogP contribution in [0.3, 0.4) is 0 Å². The monoisotopic (exact) mass is 1070 g/mol. The molecule has 8 atom stereocenters. The van der Waals surface area contributed by atoms with Crippen molar-refractivity contribution in [1.82, 2.24) is 0 Å². The minimum atomic E-state index is -2.24. The lowest BCUT2D eigenvalue weighted by Crippen LogP contribution is -3.00. The SMILES string of the molecule is CC[Si](CC)(CC)O[C@H]1C=CO[C@@H]([C@H](O[Si](CC)(CC)CC)[C@@]2(OC)C[C@H](O[Si](C)(C)C(C)(C)C)[C@@H](C)[C@@H](CCCC[P+](c3ccccc3)(c3ccccc3)c3ccccc3)O2)[C@@H]1C.[I-].